The number of aromatic hydroxyl groups is 2. The van der Waals surface area contributed by atoms with E-state index in [2.05, 4.69) is 5.32 Å². The summed E-state index contributed by atoms with van der Waals surface area (Å²) < 4.78 is 0. The van der Waals surface area contributed by atoms with Crippen molar-refractivity contribution in [2.75, 3.05) is 5.32 Å². The first-order chi connectivity index (χ1) is 12.6. The molecule has 2 rings (SSSR count). The number of hydrogen-bond donors (Lipinski definition) is 6. The van der Waals surface area contributed by atoms with Gasteiger partial charge in [-0.1, -0.05) is 0 Å². The summed E-state index contributed by atoms with van der Waals surface area (Å²) in [5, 5.41) is 48.7. The van der Waals surface area contributed by atoms with Crippen molar-refractivity contribution in [1.29, 1.82) is 0 Å². The zero-order valence-electron chi connectivity index (χ0n) is 13.5. The third-order valence-corrected chi connectivity index (χ3v) is 3.52. The molecule has 0 saturated heterocycles. The predicted molar refractivity (Wildman–Crippen MR) is 89.4 cm³/mol. The summed E-state index contributed by atoms with van der Waals surface area (Å²) in [7, 11) is 0. The number of phenols is 2. The molecule has 0 aliphatic rings. The standard InChI is InChI=1S/C17H13NO9/c19-12-6-11(13(20)3-7(12)4-14(21)22)15(23)18-8-1-2-9(16(24)25)10(5-8)17(26)27/h1-3,5-6,19-20H,4H2,(H,18,23)(H,21,22)(H,24,25)(H,26,27). The Balaban J connectivity index is 2.34. The number of hydrogen-bond acceptors (Lipinski definition) is 6. The topological polar surface area (TPSA) is 181 Å². The maximum atomic E-state index is 12.3. The van der Waals surface area contributed by atoms with Crippen LogP contribution in [0.4, 0.5) is 5.69 Å². The van der Waals surface area contributed by atoms with E-state index in [0.717, 1.165) is 30.3 Å². The summed E-state index contributed by atoms with van der Waals surface area (Å²) >= 11 is 0. The van der Waals surface area contributed by atoms with Crippen molar-refractivity contribution in [2.24, 2.45) is 0 Å². The molecular weight excluding hydrogens is 362 g/mol. The lowest BCUT2D eigenvalue weighted by atomic mass is 10.0. The number of carboxylic acids is 3. The highest BCUT2D eigenvalue weighted by Gasteiger charge is 2.20. The van der Waals surface area contributed by atoms with Gasteiger partial charge in [0.2, 0.25) is 0 Å². The predicted octanol–water partition coefficient (Wildman–Crippen LogP) is 1.37. The Kier molecular flexibility index (Phi) is 5.30. The monoisotopic (exact) mass is 375 g/mol. The fourth-order valence-electron chi connectivity index (χ4n) is 2.29. The molecule has 0 spiro atoms. The molecule has 6 N–H and O–H groups in total. The van der Waals surface area contributed by atoms with E-state index in [1.54, 1.807) is 0 Å². The maximum absolute atomic E-state index is 12.3. The number of amides is 1. The third kappa shape index (κ3) is 4.31. The van der Waals surface area contributed by atoms with Gasteiger partial charge in [-0.15, -0.1) is 0 Å². The van der Waals surface area contributed by atoms with Crippen LogP contribution in [0, 0.1) is 0 Å². The van der Waals surface area contributed by atoms with Gasteiger partial charge < -0.3 is 30.8 Å². The zero-order chi connectivity index (χ0) is 20.3. The first-order valence-corrected chi connectivity index (χ1v) is 7.28. The molecule has 0 radical (unpaired) electrons. The van der Waals surface area contributed by atoms with Crippen molar-refractivity contribution in [2.45, 2.75) is 6.42 Å². The van der Waals surface area contributed by atoms with E-state index in [1.807, 2.05) is 0 Å². The highest BCUT2D eigenvalue weighted by molar-refractivity contribution is 6.08. The number of carbonyl (C=O) groups is 4. The lowest BCUT2D eigenvalue weighted by Crippen LogP contribution is -2.14. The Morgan fingerprint density at radius 3 is 1.96 bits per heavy atom. The smallest absolute Gasteiger partial charge is 0.336 e. The normalized spacial score (nSPS) is 10.2. The number of aliphatic carboxylic acids is 1. The average Bonchev–Trinajstić information content (AvgIpc) is 2.56. The first kappa shape index (κ1) is 19.2. The van der Waals surface area contributed by atoms with Gasteiger partial charge >= 0.3 is 17.9 Å². The van der Waals surface area contributed by atoms with Gasteiger partial charge in [0.15, 0.2) is 0 Å². The van der Waals surface area contributed by atoms with Crippen molar-refractivity contribution in [3.63, 3.8) is 0 Å². The van der Waals surface area contributed by atoms with Crippen LogP contribution in [-0.2, 0) is 11.2 Å². The maximum Gasteiger partial charge on any atom is 0.336 e. The summed E-state index contributed by atoms with van der Waals surface area (Å²) in [4.78, 5) is 45.1. The van der Waals surface area contributed by atoms with Crippen LogP contribution in [-0.4, -0.2) is 49.3 Å². The molecule has 0 saturated carbocycles. The van der Waals surface area contributed by atoms with Crippen LogP contribution >= 0.6 is 0 Å². The minimum atomic E-state index is -1.51. The van der Waals surface area contributed by atoms with E-state index in [4.69, 9.17) is 15.3 Å². The molecule has 27 heavy (non-hydrogen) atoms. The average molecular weight is 375 g/mol. The minimum absolute atomic E-state index is 0.0593. The van der Waals surface area contributed by atoms with Gasteiger partial charge in [0.05, 0.1) is 23.1 Å². The molecule has 0 aliphatic carbocycles. The summed E-state index contributed by atoms with van der Waals surface area (Å²) in [6.07, 6.45) is -0.570. The molecule has 1 amide bonds. The molecule has 0 atom stereocenters. The van der Waals surface area contributed by atoms with Crippen molar-refractivity contribution < 1.29 is 44.7 Å². The molecule has 0 heterocycles. The number of benzene rings is 2. The molecule has 0 fully saturated rings. The highest BCUT2D eigenvalue weighted by atomic mass is 16.4. The van der Waals surface area contributed by atoms with Crippen LogP contribution in [0.1, 0.15) is 36.6 Å². The highest BCUT2D eigenvalue weighted by Crippen LogP contribution is 2.28. The molecule has 2 aromatic carbocycles. The summed E-state index contributed by atoms with van der Waals surface area (Å²) in [6, 6.07) is 4.87. The largest absolute Gasteiger partial charge is 0.508 e. The molecular formula is C17H13NO9. The van der Waals surface area contributed by atoms with E-state index in [-0.39, 0.29) is 16.8 Å². The van der Waals surface area contributed by atoms with Gasteiger partial charge in [-0.05, 0) is 30.3 Å². The SMILES string of the molecule is O=C(O)Cc1cc(O)c(C(=O)Nc2ccc(C(=O)O)c(C(=O)O)c2)cc1O. The van der Waals surface area contributed by atoms with Gasteiger partial charge in [-0.2, -0.15) is 0 Å². The van der Waals surface area contributed by atoms with Gasteiger partial charge in [0.25, 0.3) is 5.91 Å². The number of rotatable bonds is 6. The zero-order valence-corrected chi connectivity index (χ0v) is 13.5. The Hall–Kier alpha value is -4.08. The van der Waals surface area contributed by atoms with Crippen molar-refractivity contribution >= 4 is 29.5 Å². The molecule has 0 aromatic heterocycles. The van der Waals surface area contributed by atoms with Gasteiger partial charge in [-0.3, -0.25) is 9.59 Å². The molecule has 0 aliphatic heterocycles. The van der Waals surface area contributed by atoms with E-state index >= 15 is 0 Å². The van der Waals surface area contributed by atoms with Crippen molar-refractivity contribution in [3.05, 3.63) is 52.6 Å². The molecule has 10 nitrogen and oxygen atoms in total. The van der Waals surface area contributed by atoms with E-state index < -0.39 is 52.9 Å². The van der Waals surface area contributed by atoms with Crippen molar-refractivity contribution in [3.8, 4) is 11.5 Å². The van der Waals surface area contributed by atoms with Crippen LogP contribution in [0.15, 0.2) is 30.3 Å². The van der Waals surface area contributed by atoms with Gasteiger partial charge in [-0.25, -0.2) is 9.59 Å². The second-order valence-electron chi connectivity index (χ2n) is 5.39. The lowest BCUT2D eigenvalue weighted by molar-refractivity contribution is -0.136. The molecule has 0 bridgehead atoms. The van der Waals surface area contributed by atoms with Crippen LogP contribution in [0.5, 0.6) is 11.5 Å². The summed E-state index contributed by atoms with van der Waals surface area (Å²) in [5.74, 6) is -6.26. The quantitative estimate of drug-likeness (QED) is 0.406. The lowest BCUT2D eigenvalue weighted by Gasteiger charge is -2.11. The number of carboxylic acid groups (broad SMARTS) is 3. The minimum Gasteiger partial charge on any atom is -0.508 e. The Morgan fingerprint density at radius 2 is 1.41 bits per heavy atom. The fourth-order valence-corrected chi connectivity index (χ4v) is 2.29. The molecule has 0 unspecified atom stereocenters. The van der Waals surface area contributed by atoms with E-state index in [0.29, 0.717) is 0 Å². The van der Waals surface area contributed by atoms with Gasteiger partial charge in [0, 0.05) is 11.3 Å². The second kappa shape index (κ2) is 7.44. The van der Waals surface area contributed by atoms with E-state index in [9.17, 15) is 29.4 Å². The number of carbonyl (C=O) groups excluding carboxylic acids is 1. The Morgan fingerprint density at radius 1 is 0.778 bits per heavy atom. The van der Waals surface area contributed by atoms with Crippen LogP contribution in [0.2, 0.25) is 0 Å². The van der Waals surface area contributed by atoms with E-state index in [1.165, 1.54) is 0 Å². The fraction of sp³-hybridized carbons (Fsp3) is 0.0588. The summed E-state index contributed by atoms with van der Waals surface area (Å²) in [6.45, 7) is 0. The number of nitrogens with one attached hydrogen (secondary N) is 1. The second-order valence-corrected chi connectivity index (χ2v) is 5.39. The third-order valence-electron chi connectivity index (χ3n) is 3.52. The van der Waals surface area contributed by atoms with Crippen LogP contribution in [0.25, 0.3) is 0 Å². The molecule has 140 valence electrons. The molecule has 2 aromatic rings. The van der Waals surface area contributed by atoms with Crippen LogP contribution < -0.4 is 5.32 Å². The Bertz CT molecular complexity index is 965. The number of phenolic OH excluding ortho intramolecular Hbond substituents is 2. The number of anilines is 1. The first-order valence-electron chi connectivity index (χ1n) is 7.28. The molecule has 10 heteroatoms. The Labute approximate surface area is 150 Å². The number of aromatic carboxylic acids is 2. The summed E-state index contributed by atoms with van der Waals surface area (Å²) in [5.41, 5.74) is -1.57. The van der Waals surface area contributed by atoms with Gasteiger partial charge in [0.1, 0.15) is 11.5 Å². The van der Waals surface area contributed by atoms with Crippen LogP contribution in [0.3, 0.4) is 0 Å². The van der Waals surface area contributed by atoms with Crippen molar-refractivity contribution in [1.82, 2.24) is 0 Å².